The molecule has 0 radical (unpaired) electrons. The third-order valence-electron chi connectivity index (χ3n) is 2.13. The summed E-state index contributed by atoms with van der Waals surface area (Å²) in [6.07, 6.45) is -1.97. The van der Waals surface area contributed by atoms with Crippen LogP contribution in [-0.4, -0.2) is 22.1 Å². The van der Waals surface area contributed by atoms with Gasteiger partial charge in [-0.2, -0.15) is 18.3 Å². The van der Waals surface area contributed by atoms with E-state index >= 15 is 0 Å². The van der Waals surface area contributed by atoms with Gasteiger partial charge in [-0.1, -0.05) is 6.92 Å². The van der Waals surface area contributed by atoms with E-state index in [1.807, 2.05) is 13.8 Å². The van der Waals surface area contributed by atoms with Gasteiger partial charge < -0.3 is 4.74 Å². The molecule has 0 N–H and O–H groups in total. The molecule has 0 aliphatic rings. The molecule has 0 saturated heterocycles. The summed E-state index contributed by atoms with van der Waals surface area (Å²) in [6.45, 7) is 3.08. The van der Waals surface area contributed by atoms with Crippen LogP contribution in [0.3, 0.4) is 0 Å². The van der Waals surface area contributed by atoms with E-state index in [0.717, 1.165) is 11.1 Å². The van der Waals surface area contributed by atoms with Crippen molar-refractivity contribution in [3.63, 3.8) is 0 Å². The minimum Gasteiger partial charge on any atom is -0.372 e. The smallest absolute Gasteiger partial charge is 0.372 e. The average Bonchev–Trinajstić information content (AvgIpc) is 2.59. The van der Waals surface area contributed by atoms with E-state index in [2.05, 4.69) is 5.10 Å². The molecule has 0 aliphatic carbocycles. The summed E-state index contributed by atoms with van der Waals surface area (Å²) in [7, 11) is 0. The lowest BCUT2D eigenvalue weighted by molar-refractivity contribution is -0.142. The Hall–Kier alpha value is -1.04. The predicted molar refractivity (Wildman–Crippen MR) is 52.8 cm³/mol. The highest BCUT2D eigenvalue weighted by Crippen LogP contribution is 2.17. The fourth-order valence-corrected chi connectivity index (χ4v) is 1.10. The topological polar surface area (TPSA) is 27.1 Å². The summed E-state index contributed by atoms with van der Waals surface area (Å²) >= 11 is 0. The zero-order valence-corrected chi connectivity index (χ0v) is 9.29. The van der Waals surface area contributed by atoms with Gasteiger partial charge in [0.25, 0.3) is 0 Å². The Morgan fingerprint density at radius 1 is 1.50 bits per heavy atom. The summed E-state index contributed by atoms with van der Waals surface area (Å²) in [4.78, 5) is 0. The molecule has 0 fully saturated rings. The number of hydrogen-bond donors (Lipinski definition) is 0. The lowest BCUT2D eigenvalue weighted by atomic mass is 10.3. The van der Waals surface area contributed by atoms with E-state index in [4.69, 9.17) is 4.74 Å². The highest BCUT2D eigenvalue weighted by atomic mass is 19.4. The van der Waals surface area contributed by atoms with Crippen LogP contribution in [0.4, 0.5) is 13.2 Å². The number of rotatable bonds is 5. The van der Waals surface area contributed by atoms with Gasteiger partial charge in [-0.3, -0.25) is 4.68 Å². The van der Waals surface area contributed by atoms with Gasteiger partial charge in [0.2, 0.25) is 0 Å². The van der Waals surface area contributed by atoms with E-state index in [1.165, 1.54) is 12.3 Å². The van der Waals surface area contributed by atoms with E-state index in [-0.39, 0.29) is 12.7 Å². The molecule has 0 saturated carbocycles. The quantitative estimate of drug-likeness (QED) is 0.786. The number of nitrogens with zero attached hydrogens (tertiary/aromatic N) is 2. The van der Waals surface area contributed by atoms with Gasteiger partial charge in [0.15, 0.2) is 0 Å². The minimum absolute atomic E-state index is 0.0905. The number of halogens is 3. The molecule has 1 rings (SSSR count). The normalized spacial score (nSPS) is 14.1. The first kappa shape index (κ1) is 13.0. The van der Waals surface area contributed by atoms with Crippen molar-refractivity contribution >= 4 is 0 Å². The SMILES string of the molecule is CCC(C)OCc1ccn(CC(F)(F)F)n1. The van der Waals surface area contributed by atoms with E-state index < -0.39 is 12.7 Å². The molecule has 0 aromatic carbocycles. The van der Waals surface area contributed by atoms with Crippen molar-refractivity contribution in [2.75, 3.05) is 0 Å². The zero-order chi connectivity index (χ0) is 12.2. The maximum Gasteiger partial charge on any atom is 0.408 e. The van der Waals surface area contributed by atoms with Crippen molar-refractivity contribution in [2.24, 2.45) is 0 Å². The average molecular weight is 236 g/mol. The molecule has 1 aromatic heterocycles. The van der Waals surface area contributed by atoms with E-state index in [1.54, 1.807) is 0 Å². The van der Waals surface area contributed by atoms with Crippen LogP contribution in [0.5, 0.6) is 0 Å². The molecule has 1 heterocycles. The van der Waals surface area contributed by atoms with Crippen LogP contribution >= 0.6 is 0 Å². The van der Waals surface area contributed by atoms with Gasteiger partial charge >= 0.3 is 6.18 Å². The van der Waals surface area contributed by atoms with Gasteiger partial charge in [-0.25, -0.2) is 0 Å². The van der Waals surface area contributed by atoms with Gasteiger partial charge in [-0.15, -0.1) is 0 Å². The molecular weight excluding hydrogens is 221 g/mol. The molecule has 0 aliphatic heterocycles. The molecule has 1 aromatic rings. The van der Waals surface area contributed by atoms with E-state index in [9.17, 15) is 13.2 Å². The predicted octanol–water partition coefficient (Wildman–Crippen LogP) is 2.76. The van der Waals surface area contributed by atoms with Crippen LogP contribution in [0.2, 0.25) is 0 Å². The van der Waals surface area contributed by atoms with Crippen LogP contribution < -0.4 is 0 Å². The molecule has 6 heteroatoms. The van der Waals surface area contributed by atoms with Crippen LogP contribution in [-0.2, 0) is 17.9 Å². The Labute approximate surface area is 92.2 Å². The van der Waals surface area contributed by atoms with Crippen molar-refractivity contribution in [2.45, 2.75) is 45.7 Å². The molecular formula is C10H15F3N2O. The molecule has 92 valence electrons. The first-order valence-electron chi connectivity index (χ1n) is 5.11. The van der Waals surface area contributed by atoms with Crippen molar-refractivity contribution in [3.8, 4) is 0 Å². The van der Waals surface area contributed by atoms with Crippen molar-refractivity contribution < 1.29 is 17.9 Å². The second-order valence-corrected chi connectivity index (χ2v) is 3.65. The summed E-state index contributed by atoms with van der Waals surface area (Å²) in [5, 5.41) is 3.77. The van der Waals surface area contributed by atoms with Crippen molar-refractivity contribution in [1.82, 2.24) is 9.78 Å². The Balaban J connectivity index is 2.45. The van der Waals surface area contributed by atoms with Gasteiger partial charge in [0.05, 0.1) is 18.4 Å². The van der Waals surface area contributed by atoms with Crippen LogP contribution in [0, 0.1) is 0 Å². The maximum atomic E-state index is 12.0. The van der Waals surface area contributed by atoms with Gasteiger partial charge in [0.1, 0.15) is 6.54 Å². The fraction of sp³-hybridized carbons (Fsp3) is 0.700. The Bertz CT molecular complexity index is 322. The molecule has 1 unspecified atom stereocenters. The summed E-state index contributed by atoms with van der Waals surface area (Å²) in [6, 6.07) is 1.54. The molecule has 3 nitrogen and oxygen atoms in total. The molecule has 0 amide bonds. The monoisotopic (exact) mass is 236 g/mol. The number of alkyl halides is 3. The lowest BCUT2D eigenvalue weighted by Crippen LogP contribution is -2.18. The standard InChI is InChI=1S/C10H15F3N2O/c1-3-8(2)16-6-9-4-5-15(14-9)7-10(11,12)13/h4-5,8H,3,6-7H2,1-2H3. The Morgan fingerprint density at radius 3 is 2.75 bits per heavy atom. The zero-order valence-electron chi connectivity index (χ0n) is 9.29. The number of hydrogen-bond acceptors (Lipinski definition) is 2. The van der Waals surface area contributed by atoms with Crippen LogP contribution in [0.15, 0.2) is 12.3 Å². The summed E-state index contributed by atoms with van der Waals surface area (Å²) < 4.78 is 42.3. The first-order valence-corrected chi connectivity index (χ1v) is 5.11. The van der Waals surface area contributed by atoms with Crippen molar-refractivity contribution in [1.29, 1.82) is 0 Å². The third-order valence-corrected chi connectivity index (χ3v) is 2.13. The second-order valence-electron chi connectivity index (χ2n) is 3.65. The van der Waals surface area contributed by atoms with Gasteiger partial charge in [0, 0.05) is 6.20 Å². The van der Waals surface area contributed by atoms with Crippen LogP contribution in [0.25, 0.3) is 0 Å². The summed E-state index contributed by atoms with van der Waals surface area (Å²) in [5.74, 6) is 0. The Kier molecular flexibility index (Phi) is 4.35. The number of ether oxygens (including phenoxy) is 1. The van der Waals surface area contributed by atoms with E-state index in [0.29, 0.717) is 5.69 Å². The highest BCUT2D eigenvalue weighted by Gasteiger charge is 2.28. The first-order chi connectivity index (χ1) is 7.40. The number of aromatic nitrogens is 2. The van der Waals surface area contributed by atoms with Gasteiger partial charge in [-0.05, 0) is 19.4 Å². The maximum absolute atomic E-state index is 12.0. The molecule has 1 atom stereocenters. The largest absolute Gasteiger partial charge is 0.408 e. The lowest BCUT2D eigenvalue weighted by Gasteiger charge is -2.08. The third kappa shape index (κ3) is 4.65. The molecule has 0 spiro atoms. The molecule has 16 heavy (non-hydrogen) atoms. The second kappa shape index (κ2) is 5.34. The van der Waals surface area contributed by atoms with Crippen LogP contribution in [0.1, 0.15) is 26.0 Å². The minimum atomic E-state index is -4.24. The van der Waals surface area contributed by atoms with Crippen molar-refractivity contribution in [3.05, 3.63) is 18.0 Å². The molecule has 0 bridgehead atoms. The Morgan fingerprint density at radius 2 is 2.19 bits per heavy atom. The summed E-state index contributed by atoms with van der Waals surface area (Å²) in [5.41, 5.74) is 0.518. The highest BCUT2D eigenvalue weighted by molar-refractivity contribution is 4.97. The fourth-order valence-electron chi connectivity index (χ4n) is 1.10.